The summed E-state index contributed by atoms with van der Waals surface area (Å²) >= 11 is 0. The Bertz CT molecular complexity index is 1050. The summed E-state index contributed by atoms with van der Waals surface area (Å²) in [7, 11) is 0. The van der Waals surface area contributed by atoms with Crippen LogP contribution in [0.3, 0.4) is 0 Å². The molecule has 3 heterocycles. The van der Waals surface area contributed by atoms with Gasteiger partial charge in [0, 0.05) is 30.6 Å². The van der Waals surface area contributed by atoms with Crippen LogP contribution >= 0.6 is 0 Å². The number of hydrogen-bond acceptors (Lipinski definition) is 6. The molecule has 0 spiro atoms. The first-order valence-electron chi connectivity index (χ1n) is 8.50. The number of furan rings is 1. The maximum atomic E-state index is 11.5. The fraction of sp³-hybridized carbons (Fsp3) is 0.211. The third-order valence-corrected chi connectivity index (χ3v) is 4.62. The van der Waals surface area contributed by atoms with Gasteiger partial charge in [0.2, 0.25) is 5.95 Å². The summed E-state index contributed by atoms with van der Waals surface area (Å²) in [4.78, 5) is 31.6. The molecule has 27 heavy (non-hydrogen) atoms. The quantitative estimate of drug-likeness (QED) is 0.630. The lowest BCUT2D eigenvalue weighted by Crippen LogP contribution is -2.44. The molecule has 0 unspecified atom stereocenters. The second-order valence-corrected chi connectivity index (χ2v) is 6.56. The van der Waals surface area contributed by atoms with Gasteiger partial charge in [-0.1, -0.05) is 18.2 Å². The largest absolute Gasteiger partial charge is 0.478 e. The number of aromatic nitrogens is 2. The zero-order chi connectivity index (χ0) is 19.0. The van der Waals surface area contributed by atoms with Gasteiger partial charge in [-0.15, -0.1) is 0 Å². The molecular formula is C19H18N4O4. The Morgan fingerprint density at radius 3 is 2.81 bits per heavy atom. The molecule has 138 valence electrons. The number of anilines is 1. The van der Waals surface area contributed by atoms with E-state index in [1.54, 1.807) is 30.3 Å². The summed E-state index contributed by atoms with van der Waals surface area (Å²) in [6, 6.07) is 11.9. The minimum atomic E-state index is -0.987. The van der Waals surface area contributed by atoms with Crippen LogP contribution in [0.2, 0.25) is 0 Å². The van der Waals surface area contributed by atoms with Gasteiger partial charge in [0.05, 0.1) is 17.8 Å². The minimum Gasteiger partial charge on any atom is -0.478 e. The molecule has 8 nitrogen and oxygen atoms in total. The maximum Gasteiger partial charge on any atom is 0.336 e. The van der Waals surface area contributed by atoms with E-state index in [2.05, 4.69) is 14.9 Å². The molecule has 4 N–H and O–H groups in total. The molecule has 4 rings (SSSR count). The van der Waals surface area contributed by atoms with Crippen molar-refractivity contribution in [3.05, 3.63) is 69.8 Å². The summed E-state index contributed by atoms with van der Waals surface area (Å²) in [5.74, 6) is 0.588. The van der Waals surface area contributed by atoms with Crippen LogP contribution < -0.4 is 11.3 Å². The Balaban J connectivity index is 1.43. The number of carbonyl (C=O) groups is 1. The van der Waals surface area contributed by atoms with Crippen LogP contribution in [0, 0.1) is 0 Å². The molecule has 1 aliphatic rings. The molecule has 0 radical (unpaired) electrons. The molecular weight excluding hydrogens is 348 g/mol. The first-order chi connectivity index (χ1) is 13.0. The van der Waals surface area contributed by atoms with Gasteiger partial charge in [-0.25, -0.2) is 9.78 Å². The first kappa shape index (κ1) is 17.0. The van der Waals surface area contributed by atoms with Crippen molar-refractivity contribution in [1.82, 2.24) is 14.9 Å². The van der Waals surface area contributed by atoms with Gasteiger partial charge in [-0.05, 0) is 18.2 Å². The molecule has 1 saturated heterocycles. The smallest absolute Gasteiger partial charge is 0.336 e. The fourth-order valence-electron chi connectivity index (χ4n) is 3.30. The van der Waals surface area contributed by atoms with Crippen molar-refractivity contribution in [3.8, 4) is 11.3 Å². The number of carboxylic acids is 1. The number of H-pyrrole nitrogens is 1. The zero-order valence-corrected chi connectivity index (χ0v) is 14.4. The molecule has 2 aromatic heterocycles. The molecule has 3 aromatic rings. The van der Waals surface area contributed by atoms with Gasteiger partial charge in [-0.3, -0.25) is 14.7 Å². The number of benzene rings is 1. The van der Waals surface area contributed by atoms with Crippen molar-refractivity contribution < 1.29 is 14.3 Å². The number of nitrogen functional groups attached to an aromatic ring is 1. The Morgan fingerprint density at radius 2 is 2.07 bits per heavy atom. The number of nitrogens with two attached hydrogens (primary N) is 1. The second kappa shape index (κ2) is 6.73. The minimum absolute atomic E-state index is 0.128. The summed E-state index contributed by atoms with van der Waals surface area (Å²) in [5, 5.41) is 9.31. The van der Waals surface area contributed by atoms with E-state index in [1.807, 2.05) is 6.07 Å². The number of aromatic carboxylic acids is 1. The summed E-state index contributed by atoms with van der Waals surface area (Å²) in [6.07, 6.45) is 0. The number of carboxylic acid groups (broad SMARTS) is 1. The summed E-state index contributed by atoms with van der Waals surface area (Å²) in [5.41, 5.74) is 6.80. The van der Waals surface area contributed by atoms with E-state index in [0.29, 0.717) is 23.6 Å². The summed E-state index contributed by atoms with van der Waals surface area (Å²) < 4.78 is 5.85. The molecule has 0 atom stereocenters. The van der Waals surface area contributed by atoms with Crippen LogP contribution in [-0.4, -0.2) is 39.0 Å². The van der Waals surface area contributed by atoms with Crippen molar-refractivity contribution in [2.24, 2.45) is 0 Å². The van der Waals surface area contributed by atoms with Gasteiger partial charge in [0.25, 0.3) is 5.56 Å². The Hall–Kier alpha value is -3.39. The highest BCUT2D eigenvalue weighted by Gasteiger charge is 2.30. The number of likely N-dealkylation sites (tertiary alicyclic amines) is 1. The third kappa shape index (κ3) is 3.47. The molecule has 0 bridgehead atoms. The van der Waals surface area contributed by atoms with Gasteiger partial charge < -0.3 is 15.3 Å². The number of nitrogens with zero attached hydrogens (tertiary/aromatic N) is 2. The van der Waals surface area contributed by atoms with E-state index in [4.69, 9.17) is 10.2 Å². The van der Waals surface area contributed by atoms with Crippen LogP contribution in [0.25, 0.3) is 11.3 Å². The monoisotopic (exact) mass is 366 g/mol. The maximum absolute atomic E-state index is 11.5. The molecule has 1 fully saturated rings. The Kier molecular flexibility index (Phi) is 4.25. The zero-order valence-electron chi connectivity index (χ0n) is 14.4. The SMILES string of the molecule is Nc1nc(C2CN(Cc3ccc(-c4ccccc4C(=O)O)o3)C2)cc(=O)[nH]1. The topological polar surface area (TPSA) is 125 Å². The average Bonchev–Trinajstić information content (AvgIpc) is 3.05. The van der Waals surface area contributed by atoms with Crippen molar-refractivity contribution in [3.63, 3.8) is 0 Å². The van der Waals surface area contributed by atoms with Crippen LogP contribution in [0.5, 0.6) is 0 Å². The number of hydrogen-bond donors (Lipinski definition) is 3. The summed E-state index contributed by atoms with van der Waals surface area (Å²) in [6.45, 7) is 2.10. The van der Waals surface area contributed by atoms with E-state index in [1.165, 1.54) is 6.07 Å². The van der Waals surface area contributed by atoms with Crippen molar-refractivity contribution in [2.45, 2.75) is 12.5 Å². The van der Waals surface area contributed by atoms with Crippen LogP contribution in [-0.2, 0) is 6.54 Å². The van der Waals surface area contributed by atoms with Crippen molar-refractivity contribution in [2.75, 3.05) is 18.8 Å². The van der Waals surface area contributed by atoms with E-state index in [9.17, 15) is 14.7 Å². The number of aromatic amines is 1. The lowest BCUT2D eigenvalue weighted by atomic mass is 9.96. The van der Waals surface area contributed by atoms with Crippen LogP contribution in [0.4, 0.5) is 5.95 Å². The van der Waals surface area contributed by atoms with Gasteiger partial charge in [0.1, 0.15) is 11.5 Å². The van der Waals surface area contributed by atoms with E-state index < -0.39 is 5.97 Å². The lowest BCUT2D eigenvalue weighted by Gasteiger charge is -2.38. The standard InChI is InChI=1S/C19H18N4O4/c20-19-21-15(7-17(24)22-19)11-8-23(9-11)10-12-5-6-16(27-12)13-3-1-2-4-14(13)18(25)26/h1-7,11H,8-10H2,(H,25,26)(H3,20,21,22,24). The van der Waals surface area contributed by atoms with Crippen molar-refractivity contribution >= 4 is 11.9 Å². The molecule has 0 saturated carbocycles. The van der Waals surface area contributed by atoms with Gasteiger partial charge in [-0.2, -0.15) is 0 Å². The number of rotatable bonds is 5. The highest BCUT2D eigenvalue weighted by atomic mass is 16.4. The normalized spacial score (nSPS) is 14.8. The highest BCUT2D eigenvalue weighted by molar-refractivity contribution is 5.95. The van der Waals surface area contributed by atoms with Gasteiger partial charge >= 0.3 is 5.97 Å². The predicted molar refractivity (Wildman–Crippen MR) is 98.4 cm³/mol. The van der Waals surface area contributed by atoms with E-state index in [-0.39, 0.29) is 23.0 Å². The molecule has 1 aliphatic heterocycles. The van der Waals surface area contributed by atoms with Crippen LogP contribution in [0.1, 0.15) is 27.7 Å². The van der Waals surface area contributed by atoms with Crippen LogP contribution in [0.15, 0.2) is 51.7 Å². The Labute approximate surface area is 154 Å². The average molecular weight is 366 g/mol. The highest BCUT2D eigenvalue weighted by Crippen LogP contribution is 2.30. The van der Waals surface area contributed by atoms with Gasteiger partial charge in [0.15, 0.2) is 0 Å². The second-order valence-electron chi connectivity index (χ2n) is 6.56. The molecule has 0 aliphatic carbocycles. The molecule has 8 heteroatoms. The molecule has 0 amide bonds. The molecule has 1 aromatic carbocycles. The third-order valence-electron chi connectivity index (χ3n) is 4.62. The first-order valence-corrected chi connectivity index (χ1v) is 8.50. The predicted octanol–water partition coefficient (Wildman–Crippen LogP) is 1.91. The van der Waals surface area contributed by atoms with E-state index >= 15 is 0 Å². The van der Waals surface area contributed by atoms with E-state index in [0.717, 1.165) is 18.8 Å². The fourth-order valence-corrected chi connectivity index (χ4v) is 3.30. The number of nitrogens with one attached hydrogen (secondary N) is 1. The Morgan fingerprint density at radius 1 is 1.30 bits per heavy atom. The lowest BCUT2D eigenvalue weighted by molar-refractivity contribution is 0.0697. The van der Waals surface area contributed by atoms with Crippen molar-refractivity contribution in [1.29, 1.82) is 0 Å².